The predicted molar refractivity (Wildman–Crippen MR) is 80.0 cm³/mol. The molecule has 1 aromatic heterocycles. The zero-order valence-electron chi connectivity index (χ0n) is 12.2. The Hall–Kier alpha value is -2.11. The van der Waals surface area contributed by atoms with Gasteiger partial charge in [-0.05, 0) is 17.7 Å². The first-order chi connectivity index (χ1) is 10.7. The summed E-state index contributed by atoms with van der Waals surface area (Å²) in [6, 6.07) is 12.9. The van der Waals surface area contributed by atoms with Gasteiger partial charge in [0.2, 0.25) is 5.91 Å². The number of amides is 1. The van der Waals surface area contributed by atoms with Crippen molar-refractivity contribution in [2.75, 3.05) is 19.7 Å². The average molecular weight is 301 g/mol. The summed E-state index contributed by atoms with van der Waals surface area (Å²) in [4.78, 5) is 14.1. The van der Waals surface area contributed by atoms with Crippen molar-refractivity contribution in [3.05, 3.63) is 60.1 Å². The van der Waals surface area contributed by atoms with Gasteiger partial charge in [0, 0.05) is 6.54 Å². The van der Waals surface area contributed by atoms with Crippen LogP contribution in [0.3, 0.4) is 0 Å². The second-order valence-corrected chi connectivity index (χ2v) is 5.35. The third-order valence-corrected chi connectivity index (χ3v) is 3.83. The summed E-state index contributed by atoms with van der Waals surface area (Å²) in [7, 11) is 0. The van der Waals surface area contributed by atoms with Crippen LogP contribution in [-0.2, 0) is 9.53 Å². The summed E-state index contributed by atoms with van der Waals surface area (Å²) in [5.74, 6) is 0.650. The lowest BCUT2D eigenvalue weighted by Crippen LogP contribution is -2.42. The summed E-state index contributed by atoms with van der Waals surface area (Å²) in [6.07, 6.45) is 0.660. The summed E-state index contributed by atoms with van der Waals surface area (Å²) < 4.78 is 11.0. The van der Waals surface area contributed by atoms with E-state index in [9.17, 15) is 9.90 Å². The Morgan fingerprint density at radius 2 is 2.09 bits per heavy atom. The van der Waals surface area contributed by atoms with Crippen LogP contribution in [0, 0.1) is 0 Å². The fourth-order valence-corrected chi connectivity index (χ4v) is 2.61. The van der Waals surface area contributed by atoms with Crippen LogP contribution in [0.5, 0.6) is 0 Å². The van der Waals surface area contributed by atoms with Crippen LogP contribution in [-0.4, -0.2) is 35.6 Å². The van der Waals surface area contributed by atoms with Crippen molar-refractivity contribution in [3.63, 3.8) is 0 Å². The van der Waals surface area contributed by atoms with Gasteiger partial charge in [0.15, 0.2) is 0 Å². The second kappa shape index (κ2) is 6.77. The van der Waals surface area contributed by atoms with Crippen molar-refractivity contribution in [1.82, 2.24) is 4.90 Å². The van der Waals surface area contributed by atoms with Crippen molar-refractivity contribution >= 4 is 5.91 Å². The number of ether oxygens (including phenoxy) is 1. The minimum absolute atomic E-state index is 0.0730. The fraction of sp³-hybridized carbons (Fsp3) is 0.353. The van der Waals surface area contributed by atoms with Gasteiger partial charge in [0.1, 0.15) is 11.9 Å². The molecule has 0 radical (unpaired) electrons. The lowest BCUT2D eigenvalue weighted by Gasteiger charge is -2.32. The van der Waals surface area contributed by atoms with Crippen molar-refractivity contribution in [2.45, 2.75) is 18.6 Å². The van der Waals surface area contributed by atoms with Crippen LogP contribution in [0.2, 0.25) is 0 Å². The topological polar surface area (TPSA) is 62.9 Å². The number of rotatable bonds is 4. The van der Waals surface area contributed by atoms with Crippen LogP contribution in [0.1, 0.15) is 30.0 Å². The van der Waals surface area contributed by atoms with Gasteiger partial charge in [0.25, 0.3) is 0 Å². The van der Waals surface area contributed by atoms with Gasteiger partial charge in [-0.3, -0.25) is 4.79 Å². The highest BCUT2D eigenvalue weighted by atomic mass is 16.5. The molecular formula is C17H19NO4. The zero-order valence-corrected chi connectivity index (χ0v) is 12.2. The van der Waals surface area contributed by atoms with Crippen molar-refractivity contribution in [1.29, 1.82) is 0 Å². The van der Waals surface area contributed by atoms with E-state index >= 15 is 0 Å². The SMILES string of the molecule is O=C(CC(O)c1ccccc1)N1CCOC(c2ccco2)C1. The van der Waals surface area contributed by atoms with Gasteiger partial charge in [-0.2, -0.15) is 0 Å². The first kappa shape index (κ1) is 14.8. The molecule has 0 saturated carbocycles. The lowest BCUT2D eigenvalue weighted by molar-refractivity contribution is -0.141. The molecular weight excluding hydrogens is 282 g/mol. The third-order valence-electron chi connectivity index (χ3n) is 3.83. The van der Waals surface area contributed by atoms with Crippen LogP contribution in [0.4, 0.5) is 0 Å². The number of aliphatic hydroxyl groups excluding tert-OH is 1. The van der Waals surface area contributed by atoms with E-state index in [2.05, 4.69) is 0 Å². The molecule has 0 spiro atoms. The molecule has 22 heavy (non-hydrogen) atoms. The molecule has 1 saturated heterocycles. The largest absolute Gasteiger partial charge is 0.467 e. The molecule has 1 aliphatic heterocycles. The monoisotopic (exact) mass is 301 g/mol. The summed E-state index contributed by atoms with van der Waals surface area (Å²) in [5, 5.41) is 10.2. The maximum absolute atomic E-state index is 12.4. The average Bonchev–Trinajstić information content (AvgIpc) is 3.10. The van der Waals surface area contributed by atoms with E-state index in [1.807, 2.05) is 36.4 Å². The molecule has 1 amide bonds. The van der Waals surface area contributed by atoms with E-state index < -0.39 is 6.10 Å². The van der Waals surface area contributed by atoms with Gasteiger partial charge in [-0.25, -0.2) is 0 Å². The fourth-order valence-electron chi connectivity index (χ4n) is 2.61. The molecule has 5 heteroatoms. The highest BCUT2D eigenvalue weighted by molar-refractivity contribution is 5.77. The van der Waals surface area contributed by atoms with Crippen LogP contribution in [0.25, 0.3) is 0 Å². The number of hydrogen-bond donors (Lipinski definition) is 1. The number of carbonyl (C=O) groups excluding carboxylic acids is 1. The minimum Gasteiger partial charge on any atom is -0.467 e. The molecule has 1 N–H and O–H groups in total. The number of aliphatic hydroxyl groups is 1. The van der Waals surface area contributed by atoms with Crippen molar-refractivity contribution in [3.8, 4) is 0 Å². The Labute approximate surface area is 129 Å². The molecule has 1 aromatic carbocycles. The lowest BCUT2D eigenvalue weighted by atomic mass is 10.1. The van der Waals surface area contributed by atoms with E-state index in [1.165, 1.54) is 0 Å². The molecule has 0 aliphatic carbocycles. The van der Waals surface area contributed by atoms with E-state index in [1.54, 1.807) is 17.2 Å². The van der Waals surface area contributed by atoms with E-state index in [0.717, 1.165) is 11.3 Å². The quantitative estimate of drug-likeness (QED) is 0.941. The number of furan rings is 1. The first-order valence-electron chi connectivity index (χ1n) is 7.40. The third kappa shape index (κ3) is 3.37. The summed E-state index contributed by atoms with van der Waals surface area (Å²) >= 11 is 0. The predicted octanol–water partition coefficient (Wildman–Crippen LogP) is 2.30. The number of carbonyl (C=O) groups is 1. The van der Waals surface area contributed by atoms with Crippen LogP contribution >= 0.6 is 0 Å². The molecule has 5 nitrogen and oxygen atoms in total. The number of nitrogens with zero attached hydrogens (tertiary/aromatic N) is 1. The maximum atomic E-state index is 12.4. The molecule has 2 atom stereocenters. The van der Waals surface area contributed by atoms with Gasteiger partial charge in [-0.15, -0.1) is 0 Å². The van der Waals surface area contributed by atoms with Gasteiger partial charge in [-0.1, -0.05) is 30.3 Å². The number of morpholine rings is 1. The summed E-state index contributed by atoms with van der Waals surface area (Å²) in [5.41, 5.74) is 0.756. The van der Waals surface area contributed by atoms with Gasteiger partial charge in [0.05, 0.1) is 31.9 Å². The van der Waals surface area contributed by atoms with Crippen molar-refractivity contribution in [2.24, 2.45) is 0 Å². The van der Waals surface area contributed by atoms with Crippen molar-refractivity contribution < 1.29 is 19.1 Å². The molecule has 3 rings (SSSR count). The second-order valence-electron chi connectivity index (χ2n) is 5.35. The van der Waals surface area contributed by atoms with Gasteiger partial charge < -0.3 is 19.2 Å². The molecule has 1 fully saturated rings. The Kier molecular flexibility index (Phi) is 4.56. The minimum atomic E-state index is -0.779. The van der Waals surface area contributed by atoms with Crippen LogP contribution < -0.4 is 0 Å². The molecule has 2 unspecified atom stereocenters. The first-order valence-corrected chi connectivity index (χ1v) is 7.40. The Bertz CT molecular complexity index is 596. The highest BCUT2D eigenvalue weighted by Crippen LogP contribution is 2.24. The van der Waals surface area contributed by atoms with E-state index in [4.69, 9.17) is 9.15 Å². The molecule has 2 aromatic rings. The Balaban J connectivity index is 1.60. The van der Waals surface area contributed by atoms with Crippen LogP contribution in [0.15, 0.2) is 53.1 Å². The van der Waals surface area contributed by atoms with E-state index in [0.29, 0.717) is 19.7 Å². The summed E-state index contributed by atoms with van der Waals surface area (Å²) in [6.45, 7) is 1.46. The Morgan fingerprint density at radius 1 is 1.27 bits per heavy atom. The maximum Gasteiger partial charge on any atom is 0.225 e. The smallest absolute Gasteiger partial charge is 0.225 e. The molecule has 116 valence electrons. The molecule has 1 aliphatic rings. The molecule has 2 heterocycles. The zero-order chi connectivity index (χ0) is 15.4. The standard InChI is InChI=1S/C17H19NO4/c19-14(13-5-2-1-3-6-13)11-17(20)18-8-10-22-16(12-18)15-7-4-9-21-15/h1-7,9,14,16,19H,8,10-12H2. The Morgan fingerprint density at radius 3 is 2.82 bits per heavy atom. The van der Waals surface area contributed by atoms with E-state index in [-0.39, 0.29) is 18.4 Å². The number of hydrogen-bond acceptors (Lipinski definition) is 4. The highest BCUT2D eigenvalue weighted by Gasteiger charge is 2.28. The van der Waals surface area contributed by atoms with Gasteiger partial charge >= 0.3 is 0 Å². The normalized spacial score (nSPS) is 19.9. The molecule has 0 bridgehead atoms. The number of benzene rings is 1.